The molecular weight excluding hydrogens is 386 g/mol. The Morgan fingerprint density at radius 3 is 3.00 bits per heavy atom. The van der Waals surface area contributed by atoms with Crippen molar-refractivity contribution in [2.45, 2.75) is 6.42 Å². The van der Waals surface area contributed by atoms with Gasteiger partial charge in [0.1, 0.15) is 16.7 Å². The minimum atomic E-state index is -0.0363. The molecule has 0 aliphatic carbocycles. The van der Waals surface area contributed by atoms with E-state index in [0.29, 0.717) is 6.54 Å². The number of hydrogen-bond acceptors (Lipinski definition) is 6. The van der Waals surface area contributed by atoms with Crippen molar-refractivity contribution in [2.24, 2.45) is 7.05 Å². The van der Waals surface area contributed by atoms with E-state index < -0.39 is 0 Å². The molecule has 1 saturated heterocycles. The Kier molecular flexibility index (Phi) is 5.50. The molecule has 0 atom stereocenters. The summed E-state index contributed by atoms with van der Waals surface area (Å²) in [5.74, 6) is 3.26. The highest BCUT2D eigenvalue weighted by Gasteiger charge is 2.22. The Labute approximate surface area is 154 Å². The fourth-order valence-corrected chi connectivity index (χ4v) is 3.61. The SMILES string of the molecule is C#CCNC(=O)CN1CCCN(c2ncnc3c2c(Br)nn3C)CC1. The maximum Gasteiger partial charge on any atom is 0.234 e. The summed E-state index contributed by atoms with van der Waals surface area (Å²) in [5.41, 5.74) is 0.798. The normalized spacial score (nSPS) is 15.8. The van der Waals surface area contributed by atoms with Crippen molar-refractivity contribution in [1.29, 1.82) is 0 Å². The van der Waals surface area contributed by atoms with Crippen LogP contribution in [0.15, 0.2) is 10.9 Å². The zero-order valence-corrected chi connectivity index (χ0v) is 15.7. The molecule has 132 valence electrons. The molecule has 0 saturated carbocycles. The second kappa shape index (κ2) is 7.80. The Bertz CT molecular complexity index is 813. The van der Waals surface area contributed by atoms with Gasteiger partial charge in [-0.2, -0.15) is 5.10 Å². The first kappa shape index (κ1) is 17.6. The minimum Gasteiger partial charge on any atom is -0.355 e. The maximum atomic E-state index is 11.9. The first-order chi connectivity index (χ1) is 12.1. The molecule has 1 amide bonds. The summed E-state index contributed by atoms with van der Waals surface area (Å²) in [7, 11) is 1.86. The van der Waals surface area contributed by atoms with Crippen LogP contribution < -0.4 is 10.2 Å². The number of nitrogens with one attached hydrogen (secondary N) is 1. The van der Waals surface area contributed by atoms with Gasteiger partial charge in [-0.05, 0) is 22.4 Å². The van der Waals surface area contributed by atoms with E-state index in [2.05, 4.69) is 52.0 Å². The standard InChI is InChI=1S/C16H20BrN7O/c1-3-5-18-12(25)10-23-6-4-7-24(9-8-23)16-13-14(17)21-22(2)15(13)19-11-20-16/h1,11H,4-10H2,2H3,(H,18,25). The number of aryl methyl sites for hydroxylation is 1. The van der Waals surface area contributed by atoms with E-state index in [1.165, 1.54) is 0 Å². The summed E-state index contributed by atoms with van der Waals surface area (Å²) < 4.78 is 2.49. The van der Waals surface area contributed by atoms with Crippen LogP contribution in [0.2, 0.25) is 0 Å². The molecule has 8 nitrogen and oxygen atoms in total. The molecule has 25 heavy (non-hydrogen) atoms. The molecule has 9 heteroatoms. The third-order valence-electron chi connectivity index (χ3n) is 4.20. The van der Waals surface area contributed by atoms with Crippen LogP contribution in [0.25, 0.3) is 11.0 Å². The third kappa shape index (κ3) is 3.91. The number of terminal acetylenes is 1. The van der Waals surface area contributed by atoms with Gasteiger partial charge in [0.25, 0.3) is 0 Å². The van der Waals surface area contributed by atoms with Crippen LogP contribution in [0.1, 0.15) is 6.42 Å². The average Bonchev–Trinajstić information content (AvgIpc) is 2.77. The van der Waals surface area contributed by atoms with Crippen LogP contribution in [0.5, 0.6) is 0 Å². The monoisotopic (exact) mass is 405 g/mol. The predicted molar refractivity (Wildman–Crippen MR) is 99.1 cm³/mol. The molecule has 3 rings (SSSR count). The number of rotatable bonds is 4. The number of aromatic nitrogens is 4. The van der Waals surface area contributed by atoms with Crippen molar-refractivity contribution >= 4 is 38.7 Å². The maximum absolute atomic E-state index is 11.9. The van der Waals surface area contributed by atoms with Crippen LogP contribution in [-0.2, 0) is 11.8 Å². The van der Waals surface area contributed by atoms with Crippen LogP contribution >= 0.6 is 15.9 Å². The highest BCUT2D eigenvalue weighted by atomic mass is 79.9. The highest BCUT2D eigenvalue weighted by molar-refractivity contribution is 9.10. The van der Waals surface area contributed by atoms with Gasteiger partial charge in [-0.3, -0.25) is 9.69 Å². The van der Waals surface area contributed by atoms with Gasteiger partial charge in [0, 0.05) is 33.2 Å². The van der Waals surface area contributed by atoms with E-state index in [4.69, 9.17) is 6.42 Å². The zero-order chi connectivity index (χ0) is 17.8. The number of anilines is 1. The fourth-order valence-electron chi connectivity index (χ4n) is 3.02. The summed E-state index contributed by atoms with van der Waals surface area (Å²) in [6.45, 7) is 3.94. The van der Waals surface area contributed by atoms with Crippen molar-refractivity contribution < 1.29 is 4.79 Å². The smallest absolute Gasteiger partial charge is 0.234 e. The Hall–Kier alpha value is -2.18. The van der Waals surface area contributed by atoms with Gasteiger partial charge in [0.15, 0.2) is 5.65 Å². The fraction of sp³-hybridized carbons (Fsp3) is 0.500. The average molecular weight is 406 g/mol. The van der Waals surface area contributed by atoms with Crippen LogP contribution in [0.4, 0.5) is 5.82 Å². The number of carbonyl (C=O) groups is 1. The number of amides is 1. The number of hydrogen-bond donors (Lipinski definition) is 1. The molecule has 1 N–H and O–H groups in total. The lowest BCUT2D eigenvalue weighted by atomic mass is 10.3. The number of carbonyl (C=O) groups excluding carboxylic acids is 1. The lowest BCUT2D eigenvalue weighted by Gasteiger charge is -2.22. The van der Waals surface area contributed by atoms with Gasteiger partial charge in [-0.1, -0.05) is 5.92 Å². The molecule has 0 radical (unpaired) electrons. The van der Waals surface area contributed by atoms with E-state index in [1.54, 1.807) is 11.0 Å². The Balaban J connectivity index is 1.72. The summed E-state index contributed by atoms with van der Waals surface area (Å²) in [6, 6.07) is 0. The zero-order valence-electron chi connectivity index (χ0n) is 14.1. The lowest BCUT2D eigenvalue weighted by Crippen LogP contribution is -2.39. The third-order valence-corrected chi connectivity index (χ3v) is 4.76. The Morgan fingerprint density at radius 2 is 2.20 bits per heavy atom. The molecule has 0 spiro atoms. The van der Waals surface area contributed by atoms with Gasteiger partial charge < -0.3 is 10.2 Å². The second-order valence-electron chi connectivity index (χ2n) is 5.91. The topological polar surface area (TPSA) is 79.2 Å². The summed E-state index contributed by atoms with van der Waals surface area (Å²) in [5, 5.41) is 8.01. The molecule has 1 aliphatic heterocycles. The Morgan fingerprint density at radius 1 is 1.36 bits per heavy atom. The number of nitrogens with zero attached hydrogens (tertiary/aromatic N) is 6. The molecule has 2 aromatic rings. The molecule has 0 unspecified atom stereocenters. The first-order valence-electron chi connectivity index (χ1n) is 8.11. The van der Waals surface area contributed by atoms with Crippen LogP contribution in [0.3, 0.4) is 0 Å². The molecule has 1 aliphatic rings. The van der Waals surface area contributed by atoms with Crippen LogP contribution in [-0.4, -0.2) is 69.8 Å². The van der Waals surface area contributed by atoms with Gasteiger partial charge in [-0.15, -0.1) is 6.42 Å². The summed E-state index contributed by atoms with van der Waals surface area (Å²) in [6.07, 6.45) is 7.69. The molecule has 2 aromatic heterocycles. The highest BCUT2D eigenvalue weighted by Crippen LogP contribution is 2.29. The van der Waals surface area contributed by atoms with E-state index >= 15 is 0 Å². The van der Waals surface area contributed by atoms with Gasteiger partial charge in [0.2, 0.25) is 5.91 Å². The van der Waals surface area contributed by atoms with Gasteiger partial charge in [0.05, 0.1) is 18.5 Å². The molecular formula is C16H20BrN7O. The summed E-state index contributed by atoms with van der Waals surface area (Å²) in [4.78, 5) is 25.0. The van der Waals surface area contributed by atoms with Gasteiger partial charge in [-0.25, -0.2) is 14.6 Å². The molecule has 0 aromatic carbocycles. The van der Waals surface area contributed by atoms with Crippen molar-refractivity contribution in [2.75, 3.05) is 44.2 Å². The molecule has 1 fully saturated rings. The lowest BCUT2D eigenvalue weighted by molar-refractivity contribution is -0.121. The van der Waals surface area contributed by atoms with E-state index in [1.807, 2.05) is 7.05 Å². The molecule has 3 heterocycles. The quantitative estimate of drug-likeness (QED) is 0.741. The second-order valence-corrected chi connectivity index (χ2v) is 6.66. The van der Waals surface area contributed by atoms with Crippen molar-refractivity contribution in [3.63, 3.8) is 0 Å². The first-order valence-corrected chi connectivity index (χ1v) is 8.90. The molecule has 0 bridgehead atoms. The predicted octanol–water partition coefficient (Wildman–Crippen LogP) is 0.387. The summed E-state index contributed by atoms with van der Waals surface area (Å²) >= 11 is 3.51. The number of fused-ring (bicyclic) bond motifs is 1. The van der Waals surface area contributed by atoms with Crippen molar-refractivity contribution in [3.05, 3.63) is 10.9 Å². The van der Waals surface area contributed by atoms with E-state index in [-0.39, 0.29) is 12.5 Å². The minimum absolute atomic E-state index is 0.0363. The van der Waals surface area contributed by atoms with E-state index in [9.17, 15) is 4.79 Å². The van der Waals surface area contributed by atoms with Crippen molar-refractivity contribution in [3.8, 4) is 12.3 Å². The number of halogens is 1. The van der Waals surface area contributed by atoms with Crippen molar-refractivity contribution in [1.82, 2.24) is 30.0 Å². The van der Waals surface area contributed by atoms with Gasteiger partial charge >= 0.3 is 0 Å². The largest absolute Gasteiger partial charge is 0.355 e. The van der Waals surface area contributed by atoms with Crippen LogP contribution in [0, 0.1) is 12.3 Å². The van der Waals surface area contributed by atoms with E-state index in [0.717, 1.165) is 54.1 Å².